The summed E-state index contributed by atoms with van der Waals surface area (Å²) >= 11 is 0. The predicted molar refractivity (Wildman–Crippen MR) is 59.7 cm³/mol. The van der Waals surface area contributed by atoms with Crippen molar-refractivity contribution >= 4 is 5.78 Å². The van der Waals surface area contributed by atoms with E-state index in [-0.39, 0.29) is 11.7 Å². The standard InChI is InChI=1S/C11H18N2O3/c1-7(2)11(16-5)10(14)9-8(15-4)6-12-13(9)3/h6-7,11H,1-5H3. The fourth-order valence-corrected chi connectivity index (χ4v) is 1.66. The zero-order valence-electron chi connectivity index (χ0n) is 10.4. The third kappa shape index (κ3) is 2.24. The van der Waals surface area contributed by atoms with Crippen LogP contribution in [0.25, 0.3) is 0 Å². The number of aryl methyl sites for hydroxylation is 1. The largest absolute Gasteiger partial charge is 0.493 e. The summed E-state index contributed by atoms with van der Waals surface area (Å²) in [5.74, 6) is 0.488. The summed E-state index contributed by atoms with van der Waals surface area (Å²) in [6, 6.07) is 0. The molecule has 1 aromatic rings. The molecule has 1 unspecified atom stereocenters. The molecule has 0 spiro atoms. The molecule has 0 aromatic carbocycles. The van der Waals surface area contributed by atoms with Crippen molar-refractivity contribution < 1.29 is 14.3 Å². The molecule has 0 bridgehead atoms. The Morgan fingerprint density at radius 1 is 1.44 bits per heavy atom. The Kier molecular flexibility index (Phi) is 4.06. The summed E-state index contributed by atoms with van der Waals surface area (Å²) < 4.78 is 11.8. The first kappa shape index (κ1) is 12.7. The second kappa shape index (κ2) is 5.12. The first-order chi connectivity index (χ1) is 7.52. The molecule has 0 radical (unpaired) electrons. The van der Waals surface area contributed by atoms with E-state index in [2.05, 4.69) is 5.10 Å². The Labute approximate surface area is 95.3 Å². The van der Waals surface area contributed by atoms with Gasteiger partial charge in [-0.15, -0.1) is 0 Å². The Bertz CT molecular complexity index is 371. The Morgan fingerprint density at radius 3 is 2.50 bits per heavy atom. The highest BCUT2D eigenvalue weighted by molar-refractivity contribution is 6.00. The van der Waals surface area contributed by atoms with Gasteiger partial charge in [-0.3, -0.25) is 9.48 Å². The number of ketones is 1. The van der Waals surface area contributed by atoms with Crippen molar-refractivity contribution in [1.82, 2.24) is 9.78 Å². The molecule has 1 heterocycles. The molecule has 1 rings (SSSR count). The number of hydrogen-bond acceptors (Lipinski definition) is 4. The van der Waals surface area contributed by atoms with E-state index in [1.807, 2.05) is 13.8 Å². The number of methoxy groups -OCH3 is 2. The lowest BCUT2D eigenvalue weighted by Gasteiger charge is -2.18. The van der Waals surface area contributed by atoms with Gasteiger partial charge in [0, 0.05) is 14.2 Å². The normalized spacial score (nSPS) is 12.9. The Hall–Kier alpha value is -1.36. The first-order valence-electron chi connectivity index (χ1n) is 5.15. The quantitative estimate of drug-likeness (QED) is 0.710. The van der Waals surface area contributed by atoms with Gasteiger partial charge in [0.2, 0.25) is 5.78 Å². The molecular formula is C11H18N2O3. The highest BCUT2D eigenvalue weighted by Gasteiger charge is 2.28. The number of rotatable bonds is 5. The number of carbonyl (C=O) groups excluding carboxylic acids is 1. The summed E-state index contributed by atoms with van der Waals surface area (Å²) in [5, 5.41) is 4.00. The zero-order valence-corrected chi connectivity index (χ0v) is 10.4. The first-order valence-corrected chi connectivity index (χ1v) is 5.15. The molecule has 0 aliphatic heterocycles. The van der Waals surface area contributed by atoms with Gasteiger partial charge in [0.1, 0.15) is 11.8 Å². The van der Waals surface area contributed by atoms with Crippen LogP contribution in [0.3, 0.4) is 0 Å². The number of carbonyl (C=O) groups is 1. The van der Waals surface area contributed by atoms with Crippen LogP contribution in [0.5, 0.6) is 5.75 Å². The van der Waals surface area contributed by atoms with Gasteiger partial charge >= 0.3 is 0 Å². The van der Waals surface area contributed by atoms with E-state index in [1.54, 1.807) is 7.05 Å². The van der Waals surface area contributed by atoms with Crippen LogP contribution in [-0.2, 0) is 11.8 Å². The summed E-state index contributed by atoms with van der Waals surface area (Å²) in [6.07, 6.45) is 1.06. The van der Waals surface area contributed by atoms with Gasteiger partial charge in [-0.2, -0.15) is 5.10 Å². The lowest BCUT2D eigenvalue weighted by molar-refractivity contribution is 0.0447. The molecule has 0 aliphatic carbocycles. The molecule has 1 atom stereocenters. The van der Waals surface area contributed by atoms with E-state index in [0.29, 0.717) is 11.4 Å². The highest BCUT2D eigenvalue weighted by atomic mass is 16.5. The maximum absolute atomic E-state index is 12.2. The number of aromatic nitrogens is 2. The van der Waals surface area contributed by atoms with Gasteiger partial charge < -0.3 is 9.47 Å². The van der Waals surface area contributed by atoms with Crippen LogP contribution in [0.1, 0.15) is 24.3 Å². The van der Waals surface area contributed by atoms with Crippen LogP contribution in [0, 0.1) is 5.92 Å². The van der Waals surface area contributed by atoms with E-state index in [4.69, 9.17) is 9.47 Å². The predicted octanol–water partition coefficient (Wildman–Crippen LogP) is 1.28. The van der Waals surface area contributed by atoms with Gasteiger partial charge in [0.15, 0.2) is 5.75 Å². The molecule has 0 saturated heterocycles. The minimum absolute atomic E-state index is 0.102. The third-order valence-corrected chi connectivity index (χ3v) is 2.48. The van der Waals surface area contributed by atoms with Crippen LogP contribution in [0.2, 0.25) is 0 Å². The lowest BCUT2D eigenvalue weighted by Crippen LogP contribution is -2.30. The molecule has 0 saturated carbocycles. The van der Waals surface area contributed by atoms with Gasteiger partial charge in [-0.1, -0.05) is 13.8 Å². The fraction of sp³-hybridized carbons (Fsp3) is 0.636. The average molecular weight is 226 g/mol. The van der Waals surface area contributed by atoms with Crippen LogP contribution in [0.4, 0.5) is 0 Å². The van der Waals surface area contributed by atoms with E-state index < -0.39 is 6.10 Å². The molecule has 16 heavy (non-hydrogen) atoms. The van der Waals surface area contributed by atoms with Crippen molar-refractivity contribution in [1.29, 1.82) is 0 Å². The number of Topliss-reactive ketones (excluding diaryl/α,β-unsaturated/α-hetero) is 1. The molecule has 1 aromatic heterocycles. The van der Waals surface area contributed by atoms with Gasteiger partial charge in [-0.25, -0.2) is 0 Å². The molecule has 90 valence electrons. The minimum Gasteiger partial charge on any atom is -0.493 e. The average Bonchev–Trinajstić information content (AvgIpc) is 2.59. The SMILES string of the molecule is COc1cnn(C)c1C(=O)C(OC)C(C)C. The summed E-state index contributed by atoms with van der Waals surface area (Å²) in [5.41, 5.74) is 0.447. The molecule has 0 amide bonds. The Morgan fingerprint density at radius 2 is 2.06 bits per heavy atom. The summed E-state index contributed by atoms with van der Waals surface area (Å²) in [6.45, 7) is 3.88. The number of hydrogen-bond donors (Lipinski definition) is 0. The second-order valence-corrected chi connectivity index (χ2v) is 3.95. The van der Waals surface area contributed by atoms with Crippen molar-refractivity contribution in [3.63, 3.8) is 0 Å². The van der Waals surface area contributed by atoms with E-state index in [9.17, 15) is 4.79 Å². The van der Waals surface area contributed by atoms with Crippen molar-refractivity contribution in [2.75, 3.05) is 14.2 Å². The zero-order chi connectivity index (χ0) is 12.3. The van der Waals surface area contributed by atoms with Crippen molar-refractivity contribution in [3.8, 4) is 5.75 Å². The van der Waals surface area contributed by atoms with Gasteiger partial charge in [0.25, 0.3) is 0 Å². The molecule has 5 heteroatoms. The van der Waals surface area contributed by atoms with Crippen molar-refractivity contribution in [2.24, 2.45) is 13.0 Å². The topological polar surface area (TPSA) is 53.4 Å². The highest BCUT2D eigenvalue weighted by Crippen LogP contribution is 2.21. The van der Waals surface area contributed by atoms with Crippen LogP contribution >= 0.6 is 0 Å². The van der Waals surface area contributed by atoms with Crippen LogP contribution < -0.4 is 4.74 Å². The van der Waals surface area contributed by atoms with E-state index in [0.717, 1.165) is 0 Å². The summed E-state index contributed by atoms with van der Waals surface area (Å²) in [4.78, 5) is 12.2. The monoisotopic (exact) mass is 226 g/mol. The van der Waals surface area contributed by atoms with Crippen molar-refractivity contribution in [2.45, 2.75) is 20.0 Å². The number of ether oxygens (including phenoxy) is 2. The van der Waals surface area contributed by atoms with Crippen LogP contribution in [-0.4, -0.2) is 35.9 Å². The van der Waals surface area contributed by atoms with Gasteiger partial charge in [-0.05, 0) is 5.92 Å². The Balaban J connectivity index is 3.07. The van der Waals surface area contributed by atoms with Crippen molar-refractivity contribution in [3.05, 3.63) is 11.9 Å². The van der Waals surface area contributed by atoms with Gasteiger partial charge in [0.05, 0.1) is 13.3 Å². The maximum Gasteiger partial charge on any atom is 0.213 e. The lowest BCUT2D eigenvalue weighted by atomic mass is 10.0. The smallest absolute Gasteiger partial charge is 0.213 e. The van der Waals surface area contributed by atoms with Crippen LogP contribution in [0.15, 0.2) is 6.20 Å². The molecule has 0 aliphatic rings. The van der Waals surface area contributed by atoms with E-state index in [1.165, 1.54) is 25.1 Å². The fourth-order valence-electron chi connectivity index (χ4n) is 1.66. The summed E-state index contributed by atoms with van der Waals surface area (Å²) in [7, 11) is 4.76. The molecule has 0 fully saturated rings. The third-order valence-electron chi connectivity index (χ3n) is 2.48. The second-order valence-electron chi connectivity index (χ2n) is 3.95. The number of nitrogens with zero attached hydrogens (tertiary/aromatic N) is 2. The molecular weight excluding hydrogens is 208 g/mol. The molecule has 5 nitrogen and oxygen atoms in total. The minimum atomic E-state index is -0.468. The maximum atomic E-state index is 12.2. The van der Waals surface area contributed by atoms with E-state index >= 15 is 0 Å². The molecule has 0 N–H and O–H groups in total.